The number of benzene rings is 3. The lowest BCUT2D eigenvalue weighted by molar-refractivity contribution is 0.246. The molecule has 2 aliphatic carbocycles. The molecule has 1 heterocycles. The third-order valence-electron chi connectivity index (χ3n) is 8.69. The first-order valence-electron chi connectivity index (χ1n) is 14.0. The summed E-state index contributed by atoms with van der Waals surface area (Å²) in [5.41, 5.74) is 4.51. The molecule has 0 unspecified atom stereocenters. The molecule has 10 heteroatoms. The zero-order valence-corrected chi connectivity index (χ0v) is 25.6. The summed E-state index contributed by atoms with van der Waals surface area (Å²) < 4.78 is 29.4. The number of nitrogens with zero attached hydrogens (tertiary/aromatic N) is 3. The summed E-state index contributed by atoms with van der Waals surface area (Å²) in [5, 5.41) is 24.1. The Morgan fingerprint density at radius 1 is 0.927 bits per heavy atom. The Hall–Kier alpha value is -2.72. The lowest BCUT2D eigenvalue weighted by Gasteiger charge is -2.36. The van der Waals surface area contributed by atoms with Gasteiger partial charge >= 0.3 is 0 Å². The van der Waals surface area contributed by atoms with Crippen molar-refractivity contribution in [2.24, 2.45) is 10.6 Å². The fourth-order valence-corrected chi connectivity index (χ4v) is 9.25. The summed E-state index contributed by atoms with van der Waals surface area (Å²) in [7, 11) is -3.49. The Morgan fingerprint density at radius 3 is 2.24 bits per heavy atom. The number of anilines is 1. The fraction of sp³-hybridized carbons (Fsp3) is 0.387. The Kier molecular flexibility index (Phi) is 7.51. The molecule has 2 fully saturated rings. The molecule has 0 bridgehead atoms. The Bertz CT molecular complexity index is 1600. The molecule has 0 spiro atoms. The van der Waals surface area contributed by atoms with Gasteiger partial charge < -0.3 is 15.2 Å². The van der Waals surface area contributed by atoms with Crippen LogP contribution >= 0.6 is 23.5 Å². The molecular formula is C31H34ClN3O4S2. The summed E-state index contributed by atoms with van der Waals surface area (Å²) in [5.74, 6) is 0.186. The highest BCUT2D eigenvalue weighted by atomic mass is 35.5. The van der Waals surface area contributed by atoms with E-state index in [1.54, 1.807) is 42.3 Å². The number of phenols is 1. The Labute approximate surface area is 250 Å². The maximum absolute atomic E-state index is 13.6. The molecule has 3 aromatic carbocycles. The monoisotopic (exact) mass is 611 g/mol. The van der Waals surface area contributed by atoms with Crippen molar-refractivity contribution in [3.8, 4) is 16.9 Å². The molecule has 3 aromatic rings. The van der Waals surface area contributed by atoms with Gasteiger partial charge in [0.05, 0.1) is 20.9 Å². The number of para-hydroxylation sites is 1. The van der Waals surface area contributed by atoms with Crippen LogP contribution in [0.1, 0.15) is 50.7 Å². The highest BCUT2D eigenvalue weighted by Crippen LogP contribution is 2.43. The van der Waals surface area contributed by atoms with E-state index in [0.717, 1.165) is 60.6 Å². The summed E-state index contributed by atoms with van der Waals surface area (Å²) >= 11 is 7.98. The van der Waals surface area contributed by atoms with Gasteiger partial charge in [0.25, 0.3) is 0 Å². The average molecular weight is 612 g/mol. The van der Waals surface area contributed by atoms with E-state index in [4.69, 9.17) is 11.6 Å². The molecular weight excluding hydrogens is 578 g/mol. The van der Waals surface area contributed by atoms with Gasteiger partial charge in [-0.25, -0.2) is 12.7 Å². The second-order valence-electron chi connectivity index (χ2n) is 11.9. The van der Waals surface area contributed by atoms with E-state index < -0.39 is 9.84 Å². The second-order valence-corrected chi connectivity index (χ2v) is 15.7. The zero-order chi connectivity index (χ0) is 28.9. The first kappa shape index (κ1) is 28.4. The number of aromatic hydroxyl groups is 1. The number of piperazine rings is 1. The van der Waals surface area contributed by atoms with Crippen molar-refractivity contribution in [2.75, 3.05) is 31.1 Å². The molecule has 0 radical (unpaired) electrons. The van der Waals surface area contributed by atoms with Crippen LogP contribution in [0.25, 0.3) is 11.1 Å². The van der Waals surface area contributed by atoms with Crippen LogP contribution in [0, 0.1) is 5.41 Å². The van der Waals surface area contributed by atoms with Crippen LogP contribution < -0.4 is 4.90 Å². The lowest BCUT2D eigenvalue weighted by atomic mass is 9.77. The van der Waals surface area contributed by atoms with Crippen molar-refractivity contribution >= 4 is 44.8 Å². The molecule has 7 nitrogen and oxygen atoms in total. The standard InChI is InChI=1S/C31H34ClN3O4S2/c1-31(2)12-10-21(11-13-31)41(38,39)22-7-9-24-23-8-6-20(18-25(23)29(33-37)26(24)19-22)40-35-16-14-34(15-17-35)30-27(32)4-3-5-28(30)36/h3-9,18-19,21,36-37H,10-17H2,1-2H3/b33-29-. The number of phenolic OH excluding ortho intramolecular Hbond substituents is 1. The van der Waals surface area contributed by atoms with Crippen LogP contribution in [0.5, 0.6) is 5.75 Å². The van der Waals surface area contributed by atoms with Gasteiger partial charge in [0.2, 0.25) is 0 Å². The summed E-state index contributed by atoms with van der Waals surface area (Å²) in [6.45, 7) is 7.39. The molecule has 1 saturated carbocycles. The molecule has 6 rings (SSSR count). The van der Waals surface area contributed by atoms with Crippen LogP contribution in [-0.4, -0.2) is 60.2 Å². The van der Waals surface area contributed by atoms with Crippen molar-refractivity contribution in [1.29, 1.82) is 0 Å². The first-order chi connectivity index (χ1) is 19.6. The van der Waals surface area contributed by atoms with Gasteiger partial charge in [0, 0.05) is 42.2 Å². The number of fused-ring (bicyclic) bond motifs is 3. The molecule has 1 saturated heterocycles. The Morgan fingerprint density at radius 2 is 1.59 bits per heavy atom. The fourth-order valence-electron chi connectivity index (χ4n) is 6.24. The molecule has 216 valence electrons. The minimum atomic E-state index is -3.49. The smallest absolute Gasteiger partial charge is 0.181 e. The minimum absolute atomic E-state index is 0.185. The maximum Gasteiger partial charge on any atom is 0.181 e. The average Bonchev–Trinajstić information content (AvgIpc) is 3.25. The third kappa shape index (κ3) is 5.33. The van der Waals surface area contributed by atoms with Gasteiger partial charge in [0.15, 0.2) is 9.84 Å². The van der Waals surface area contributed by atoms with Gasteiger partial charge in [-0.1, -0.05) is 48.8 Å². The van der Waals surface area contributed by atoms with Gasteiger partial charge in [-0.3, -0.25) is 0 Å². The number of oxime groups is 1. The third-order valence-corrected chi connectivity index (χ3v) is 12.3. The first-order valence-corrected chi connectivity index (χ1v) is 16.7. The predicted molar refractivity (Wildman–Crippen MR) is 165 cm³/mol. The molecule has 0 atom stereocenters. The number of sulfone groups is 1. The van der Waals surface area contributed by atoms with Crippen molar-refractivity contribution in [3.05, 3.63) is 70.7 Å². The van der Waals surface area contributed by atoms with Crippen LogP contribution in [-0.2, 0) is 9.84 Å². The second kappa shape index (κ2) is 10.8. The van der Waals surface area contributed by atoms with Crippen molar-refractivity contribution in [2.45, 2.75) is 54.6 Å². The van der Waals surface area contributed by atoms with Crippen molar-refractivity contribution in [3.63, 3.8) is 0 Å². The maximum atomic E-state index is 13.6. The summed E-state index contributed by atoms with van der Waals surface area (Å²) in [4.78, 5) is 3.40. The molecule has 1 aliphatic heterocycles. The van der Waals surface area contributed by atoms with Crippen molar-refractivity contribution < 1.29 is 18.7 Å². The highest BCUT2D eigenvalue weighted by molar-refractivity contribution is 7.97. The molecule has 2 N–H and O–H groups in total. The highest BCUT2D eigenvalue weighted by Gasteiger charge is 2.36. The van der Waals surface area contributed by atoms with Gasteiger partial charge in [-0.2, -0.15) is 0 Å². The Balaban J connectivity index is 1.18. The predicted octanol–water partition coefficient (Wildman–Crippen LogP) is 6.82. The molecule has 41 heavy (non-hydrogen) atoms. The van der Waals surface area contributed by atoms with E-state index in [9.17, 15) is 18.7 Å². The number of hydrogen-bond donors (Lipinski definition) is 2. The molecule has 0 aromatic heterocycles. The van der Waals surface area contributed by atoms with Crippen LogP contribution in [0.15, 0.2) is 69.5 Å². The van der Waals surface area contributed by atoms with E-state index in [1.807, 2.05) is 24.3 Å². The largest absolute Gasteiger partial charge is 0.506 e. The van der Waals surface area contributed by atoms with Gasteiger partial charge in [-0.15, -0.1) is 0 Å². The molecule has 0 amide bonds. The summed E-state index contributed by atoms with van der Waals surface area (Å²) in [6.07, 6.45) is 3.13. The van der Waals surface area contributed by atoms with E-state index in [1.165, 1.54) is 0 Å². The van der Waals surface area contributed by atoms with Gasteiger partial charge in [0.1, 0.15) is 11.5 Å². The minimum Gasteiger partial charge on any atom is -0.506 e. The van der Waals surface area contributed by atoms with E-state index in [-0.39, 0.29) is 16.4 Å². The van der Waals surface area contributed by atoms with Gasteiger partial charge in [-0.05, 0) is 90.6 Å². The topological polar surface area (TPSA) is 93.4 Å². The molecule has 3 aliphatic rings. The zero-order valence-electron chi connectivity index (χ0n) is 23.2. The van der Waals surface area contributed by atoms with E-state index in [2.05, 4.69) is 28.2 Å². The number of hydrogen-bond acceptors (Lipinski definition) is 8. The summed E-state index contributed by atoms with van der Waals surface area (Å²) in [6, 6.07) is 16.5. The van der Waals surface area contributed by atoms with Crippen molar-refractivity contribution in [1.82, 2.24) is 4.31 Å². The SMILES string of the molecule is CC1(C)CCC(S(=O)(=O)c2ccc3c(c2)/C(=N\O)c2cc(SN4CCN(c5c(O)cccc5Cl)CC4)ccc2-3)CC1. The van der Waals surface area contributed by atoms with Crippen LogP contribution in [0.2, 0.25) is 5.02 Å². The lowest BCUT2D eigenvalue weighted by Crippen LogP contribution is -2.43. The normalized spacial score (nSPS) is 20.3. The van der Waals surface area contributed by atoms with Crippen LogP contribution in [0.4, 0.5) is 5.69 Å². The number of halogens is 1. The van der Waals surface area contributed by atoms with E-state index in [0.29, 0.717) is 39.7 Å². The van der Waals surface area contributed by atoms with E-state index >= 15 is 0 Å². The van der Waals surface area contributed by atoms with Crippen LogP contribution in [0.3, 0.4) is 0 Å². The number of rotatable bonds is 5. The quantitative estimate of drug-likeness (QED) is 0.145.